The third-order valence-corrected chi connectivity index (χ3v) is 4.37. The van der Waals surface area contributed by atoms with E-state index in [2.05, 4.69) is 5.10 Å². The fraction of sp³-hybridized carbons (Fsp3) is 0.176. The van der Waals surface area contributed by atoms with Gasteiger partial charge < -0.3 is 5.11 Å². The van der Waals surface area contributed by atoms with E-state index in [1.807, 2.05) is 0 Å². The highest BCUT2D eigenvalue weighted by molar-refractivity contribution is 6.30. The maximum absolute atomic E-state index is 13.2. The van der Waals surface area contributed by atoms with Crippen molar-refractivity contribution in [2.24, 2.45) is 5.10 Å². The van der Waals surface area contributed by atoms with Gasteiger partial charge in [-0.15, -0.1) is 0 Å². The van der Waals surface area contributed by atoms with E-state index in [-0.39, 0.29) is 16.1 Å². The monoisotopic (exact) mass is 413 g/mol. The van der Waals surface area contributed by atoms with E-state index in [4.69, 9.17) is 11.6 Å². The average molecular weight is 414 g/mol. The van der Waals surface area contributed by atoms with Crippen molar-refractivity contribution in [1.29, 1.82) is 0 Å². The van der Waals surface area contributed by atoms with Crippen LogP contribution in [0.2, 0.25) is 5.02 Å². The summed E-state index contributed by atoms with van der Waals surface area (Å²) in [6.45, 7) is 0. The van der Waals surface area contributed by atoms with Gasteiger partial charge in [-0.1, -0.05) is 23.7 Å². The zero-order valence-electron chi connectivity index (χ0n) is 13.9. The zero-order chi connectivity index (χ0) is 20.7. The van der Waals surface area contributed by atoms with Crippen LogP contribution in [-0.2, 0) is 5.72 Å². The van der Waals surface area contributed by atoms with E-state index < -0.39 is 40.6 Å². The maximum Gasteiger partial charge on any atom is 0.431 e. The first-order chi connectivity index (χ1) is 13.0. The lowest BCUT2D eigenvalue weighted by molar-refractivity contribution is -0.385. The SMILES string of the molecule is O=C(c1ccc(Cl)cc1)N1N=C(C(F)(F)F)C[C@@]1(O)c1cccc([N+](=O)[O-])c1. The quantitative estimate of drug-likeness (QED) is 0.610. The lowest BCUT2D eigenvalue weighted by Crippen LogP contribution is -2.43. The Bertz CT molecular complexity index is 978. The summed E-state index contributed by atoms with van der Waals surface area (Å²) < 4.78 is 39.6. The van der Waals surface area contributed by atoms with Gasteiger partial charge >= 0.3 is 6.18 Å². The Morgan fingerprint density at radius 1 is 1.25 bits per heavy atom. The van der Waals surface area contributed by atoms with Crippen LogP contribution in [0.5, 0.6) is 0 Å². The third-order valence-electron chi connectivity index (χ3n) is 4.12. The summed E-state index contributed by atoms with van der Waals surface area (Å²) in [6, 6.07) is 9.62. The molecule has 1 heterocycles. The highest BCUT2D eigenvalue weighted by atomic mass is 35.5. The number of nitro groups is 1. The van der Waals surface area contributed by atoms with Crippen LogP contribution < -0.4 is 0 Å². The second-order valence-electron chi connectivity index (χ2n) is 5.97. The van der Waals surface area contributed by atoms with Crippen molar-refractivity contribution in [3.05, 3.63) is 74.8 Å². The molecule has 146 valence electrons. The van der Waals surface area contributed by atoms with Crippen molar-refractivity contribution in [1.82, 2.24) is 5.01 Å². The highest BCUT2D eigenvalue weighted by Gasteiger charge is 2.53. The molecule has 3 rings (SSSR count). The number of hydrogen-bond donors (Lipinski definition) is 1. The normalized spacial score (nSPS) is 19.5. The number of halogens is 4. The molecule has 1 aliphatic heterocycles. The largest absolute Gasteiger partial charge is 0.431 e. The van der Waals surface area contributed by atoms with E-state index in [1.165, 1.54) is 36.4 Å². The summed E-state index contributed by atoms with van der Waals surface area (Å²) in [4.78, 5) is 23.0. The molecule has 1 aliphatic rings. The van der Waals surface area contributed by atoms with Gasteiger partial charge in [0.1, 0.15) is 5.71 Å². The molecule has 0 aromatic heterocycles. The minimum atomic E-state index is -4.90. The van der Waals surface area contributed by atoms with Crippen LogP contribution in [0.15, 0.2) is 53.6 Å². The predicted octanol–water partition coefficient (Wildman–Crippen LogP) is 3.86. The van der Waals surface area contributed by atoms with Crippen LogP contribution in [0, 0.1) is 10.1 Å². The predicted molar refractivity (Wildman–Crippen MR) is 92.7 cm³/mol. The maximum atomic E-state index is 13.2. The number of benzene rings is 2. The molecule has 7 nitrogen and oxygen atoms in total. The number of carbonyl (C=O) groups excluding carboxylic acids is 1. The zero-order valence-corrected chi connectivity index (χ0v) is 14.6. The molecule has 2 aromatic rings. The fourth-order valence-electron chi connectivity index (χ4n) is 2.73. The minimum absolute atomic E-state index is 0.0690. The molecule has 11 heteroatoms. The Labute approximate surface area is 160 Å². The smallest absolute Gasteiger partial charge is 0.365 e. The first-order valence-electron chi connectivity index (χ1n) is 7.74. The number of nitrogens with zero attached hydrogens (tertiary/aromatic N) is 3. The average Bonchev–Trinajstić information content (AvgIpc) is 3.01. The number of hydrogen-bond acceptors (Lipinski definition) is 5. The van der Waals surface area contributed by atoms with Gasteiger partial charge in [-0.2, -0.15) is 23.3 Å². The van der Waals surface area contributed by atoms with Crippen molar-refractivity contribution in [2.45, 2.75) is 18.3 Å². The molecule has 0 unspecified atom stereocenters. The van der Waals surface area contributed by atoms with Crippen molar-refractivity contribution >= 4 is 28.9 Å². The molecular formula is C17H11ClF3N3O4. The lowest BCUT2D eigenvalue weighted by Gasteiger charge is -2.31. The van der Waals surface area contributed by atoms with Crippen LogP contribution in [0.3, 0.4) is 0 Å². The molecular weight excluding hydrogens is 403 g/mol. The number of aliphatic hydroxyl groups is 1. The standard InChI is InChI=1S/C17H11ClF3N3O4/c18-12-6-4-10(5-7-12)15(25)23-16(26,9-14(22-23)17(19,20)21)11-2-1-3-13(8-11)24(27)28/h1-8,26H,9H2/t16-/m1/s1. The summed E-state index contributed by atoms with van der Waals surface area (Å²) in [5.74, 6) is -1.02. The van der Waals surface area contributed by atoms with Gasteiger partial charge in [-0.3, -0.25) is 14.9 Å². The number of non-ortho nitro benzene ring substituents is 1. The Kier molecular flexibility index (Phi) is 4.86. The van der Waals surface area contributed by atoms with Crippen molar-refractivity contribution in [2.75, 3.05) is 0 Å². The number of hydrazone groups is 1. The van der Waals surface area contributed by atoms with Crippen LogP contribution in [0.25, 0.3) is 0 Å². The first kappa shape index (κ1) is 19.8. The number of alkyl halides is 3. The summed E-state index contributed by atoms with van der Waals surface area (Å²) in [6.07, 6.45) is -5.97. The third kappa shape index (κ3) is 3.56. The van der Waals surface area contributed by atoms with Crippen molar-refractivity contribution in [3.63, 3.8) is 0 Å². The van der Waals surface area contributed by atoms with E-state index in [1.54, 1.807) is 0 Å². The van der Waals surface area contributed by atoms with E-state index in [0.29, 0.717) is 5.02 Å². The van der Waals surface area contributed by atoms with Crippen LogP contribution in [0.1, 0.15) is 22.3 Å². The molecule has 28 heavy (non-hydrogen) atoms. The summed E-state index contributed by atoms with van der Waals surface area (Å²) in [5, 5.41) is 25.8. The molecule has 1 amide bonds. The molecule has 0 fully saturated rings. The summed E-state index contributed by atoms with van der Waals surface area (Å²) >= 11 is 5.74. The van der Waals surface area contributed by atoms with E-state index in [9.17, 15) is 33.2 Å². The van der Waals surface area contributed by atoms with Gasteiger partial charge in [0.05, 0.1) is 11.3 Å². The minimum Gasteiger partial charge on any atom is -0.365 e. The van der Waals surface area contributed by atoms with E-state index in [0.717, 1.165) is 12.1 Å². The van der Waals surface area contributed by atoms with Gasteiger partial charge in [-0.25, -0.2) is 0 Å². The molecule has 1 atom stereocenters. The number of rotatable bonds is 3. The van der Waals surface area contributed by atoms with Crippen LogP contribution in [0.4, 0.5) is 18.9 Å². The first-order valence-corrected chi connectivity index (χ1v) is 8.12. The van der Waals surface area contributed by atoms with Crippen molar-refractivity contribution in [3.8, 4) is 0 Å². The Hall–Kier alpha value is -2.98. The highest BCUT2D eigenvalue weighted by Crippen LogP contribution is 2.41. The second-order valence-corrected chi connectivity index (χ2v) is 6.41. The number of nitro benzene ring substituents is 1. The molecule has 0 aliphatic carbocycles. The molecule has 0 saturated heterocycles. The number of amides is 1. The second kappa shape index (κ2) is 6.88. The van der Waals surface area contributed by atoms with E-state index >= 15 is 0 Å². The molecule has 0 bridgehead atoms. The lowest BCUT2D eigenvalue weighted by atomic mass is 9.96. The van der Waals surface area contributed by atoms with Gasteiger partial charge in [0.2, 0.25) is 0 Å². The van der Waals surface area contributed by atoms with Gasteiger partial charge in [-0.05, 0) is 24.3 Å². The topological polar surface area (TPSA) is 96.0 Å². The Morgan fingerprint density at radius 2 is 1.89 bits per heavy atom. The Morgan fingerprint density at radius 3 is 2.46 bits per heavy atom. The summed E-state index contributed by atoms with van der Waals surface area (Å²) in [7, 11) is 0. The summed E-state index contributed by atoms with van der Waals surface area (Å²) in [5.41, 5.74) is -4.73. The van der Waals surface area contributed by atoms with Gasteiger partial charge in [0, 0.05) is 28.3 Å². The Balaban J connectivity index is 2.10. The van der Waals surface area contributed by atoms with Gasteiger partial charge in [0.15, 0.2) is 5.72 Å². The van der Waals surface area contributed by atoms with Crippen molar-refractivity contribution < 1.29 is 28.0 Å². The molecule has 1 N–H and O–H groups in total. The van der Waals surface area contributed by atoms with Crippen LogP contribution >= 0.6 is 11.6 Å². The fourth-order valence-corrected chi connectivity index (χ4v) is 2.85. The molecule has 0 saturated carbocycles. The molecule has 0 spiro atoms. The number of carbonyl (C=O) groups is 1. The van der Waals surface area contributed by atoms with Gasteiger partial charge in [0.25, 0.3) is 11.6 Å². The van der Waals surface area contributed by atoms with Crippen LogP contribution in [-0.4, -0.2) is 32.8 Å². The molecule has 2 aromatic carbocycles. The molecule has 0 radical (unpaired) electrons.